The first-order valence-electron chi connectivity index (χ1n) is 7.05. The zero-order valence-corrected chi connectivity index (χ0v) is 18.2. The second kappa shape index (κ2) is 9.23. The summed E-state index contributed by atoms with van der Waals surface area (Å²) in [5, 5.41) is 0. The Morgan fingerprint density at radius 3 is 2.09 bits per heavy atom. The van der Waals surface area contributed by atoms with E-state index in [-0.39, 0.29) is 51.0 Å². The first-order chi connectivity index (χ1) is 9.18. The van der Waals surface area contributed by atoms with Gasteiger partial charge in [0.1, 0.15) is 0 Å². The second-order valence-corrected chi connectivity index (χ2v) is 8.94. The number of rotatable bonds is 2. The molecule has 0 bridgehead atoms. The van der Waals surface area contributed by atoms with Crippen molar-refractivity contribution < 1.29 is 51.0 Å². The van der Waals surface area contributed by atoms with Crippen LogP contribution in [0.2, 0.25) is 13.1 Å². The zero-order chi connectivity index (χ0) is 13.4. The summed E-state index contributed by atoms with van der Waals surface area (Å²) in [5.74, 6) is 0. The van der Waals surface area contributed by atoms with Gasteiger partial charge in [-0.2, -0.15) is 0 Å². The van der Waals surface area contributed by atoms with E-state index in [0.29, 0.717) is 0 Å². The van der Waals surface area contributed by atoms with Crippen LogP contribution in [0.3, 0.4) is 0 Å². The van der Waals surface area contributed by atoms with E-state index >= 15 is 0 Å². The first kappa shape index (κ1) is 21.9. The first-order valence-corrected chi connectivity index (χ1v) is 10.0. The summed E-state index contributed by atoms with van der Waals surface area (Å²) in [4.78, 5) is 0. The van der Waals surface area contributed by atoms with Gasteiger partial charge in [0.15, 0.2) is 0 Å². The van der Waals surface area contributed by atoms with Crippen molar-refractivity contribution in [3.8, 4) is 11.1 Å². The average molecular weight is 427 g/mol. The van der Waals surface area contributed by atoms with Crippen LogP contribution in [0.25, 0.3) is 17.2 Å². The van der Waals surface area contributed by atoms with E-state index in [1.165, 1.54) is 16.7 Å². The van der Waals surface area contributed by atoms with Crippen molar-refractivity contribution in [3.05, 3.63) is 65.2 Å². The molecule has 0 amide bonds. The normalized spacial score (nSPS) is 15.1. The van der Waals surface area contributed by atoms with Crippen LogP contribution in [0.5, 0.6) is 0 Å². The zero-order valence-electron chi connectivity index (χ0n) is 13.1. The van der Waals surface area contributed by atoms with Crippen LogP contribution in [0.4, 0.5) is 0 Å². The van der Waals surface area contributed by atoms with Crippen molar-refractivity contribution in [1.29, 1.82) is 0 Å². The number of benzene rings is 2. The van der Waals surface area contributed by atoms with Crippen molar-refractivity contribution in [2.45, 2.75) is 25.6 Å². The number of allylic oxidation sites excluding steroid dienone is 1. The molecule has 4 heteroatoms. The van der Waals surface area contributed by atoms with Crippen LogP contribution >= 0.6 is 0 Å². The Labute approximate surface area is 167 Å². The predicted octanol–water partition coefficient (Wildman–Crippen LogP) is -1.11. The standard InChI is InChI=1S/C18H20Si.2ClH.Zr/c1-13-12-17-15(14-8-5-4-6-9-14)10-7-11-16(17)18(13)19(2)3;;;/h4-12,18-19H,1-3H3;2*1H;/q;;;+2/p-2. The Kier molecular flexibility index (Phi) is 9.17. The van der Waals surface area contributed by atoms with Gasteiger partial charge in [0.25, 0.3) is 0 Å². The largest absolute Gasteiger partial charge is 2.00 e. The third-order valence-corrected chi connectivity index (χ3v) is 6.31. The summed E-state index contributed by atoms with van der Waals surface area (Å²) in [6, 6.07) is 17.5. The number of halogens is 2. The van der Waals surface area contributed by atoms with Gasteiger partial charge in [0.2, 0.25) is 0 Å². The Morgan fingerprint density at radius 1 is 0.864 bits per heavy atom. The third-order valence-electron chi connectivity index (χ3n) is 4.09. The maximum absolute atomic E-state index is 2.45. The van der Waals surface area contributed by atoms with Crippen molar-refractivity contribution in [2.75, 3.05) is 0 Å². The fourth-order valence-electron chi connectivity index (χ4n) is 3.33. The molecule has 0 fully saturated rings. The van der Waals surface area contributed by atoms with Crippen LogP contribution < -0.4 is 24.8 Å². The molecule has 0 spiro atoms. The second-order valence-electron chi connectivity index (χ2n) is 5.78. The Balaban J connectivity index is 0.00000147. The van der Waals surface area contributed by atoms with Crippen LogP contribution in [0, 0.1) is 0 Å². The fraction of sp³-hybridized carbons (Fsp3) is 0.222. The van der Waals surface area contributed by atoms with Gasteiger partial charge in [-0.05, 0) is 34.7 Å². The van der Waals surface area contributed by atoms with Crippen molar-refractivity contribution in [3.63, 3.8) is 0 Å². The molecule has 114 valence electrons. The monoisotopic (exact) mass is 424 g/mol. The minimum atomic E-state index is -0.701. The Hall–Kier alpha value is -0.140. The summed E-state index contributed by atoms with van der Waals surface area (Å²) in [6.07, 6.45) is 2.41. The molecule has 1 unspecified atom stereocenters. The van der Waals surface area contributed by atoms with Crippen molar-refractivity contribution >= 4 is 14.9 Å². The smallest absolute Gasteiger partial charge is 1.00 e. The van der Waals surface area contributed by atoms with Crippen molar-refractivity contribution in [1.82, 2.24) is 0 Å². The van der Waals surface area contributed by atoms with Crippen LogP contribution in [-0.4, -0.2) is 8.80 Å². The summed E-state index contributed by atoms with van der Waals surface area (Å²) >= 11 is 0. The quantitative estimate of drug-likeness (QED) is 0.534. The molecule has 0 aromatic heterocycles. The molecule has 0 N–H and O–H groups in total. The molecule has 3 rings (SSSR count). The molecule has 2 aromatic rings. The maximum atomic E-state index is 2.45. The van der Waals surface area contributed by atoms with Gasteiger partial charge in [-0.1, -0.05) is 73.3 Å². The van der Waals surface area contributed by atoms with Crippen LogP contribution in [-0.2, 0) is 26.2 Å². The third kappa shape index (κ3) is 4.03. The van der Waals surface area contributed by atoms with Gasteiger partial charge in [-0.15, -0.1) is 0 Å². The molecule has 0 aliphatic heterocycles. The molecule has 22 heavy (non-hydrogen) atoms. The molecule has 0 radical (unpaired) electrons. The molecular weight excluding hydrogens is 406 g/mol. The molecule has 0 saturated carbocycles. The summed E-state index contributed by atoms with van der Waals surface area (Å²) in [5.41, 5.74) is 8.00. The number of fused-ring (bicyclic) bond motifs is 1. The maximum Gasteiger partial charge on any atom is 2.00 e. The van der Waals surface area contributed by atoms with E-state index in [0.717, 1.165) is 5.54 Å². The Bertz CT molecular complexity index is 639. The van der Waals surface area contributed by atoms with Crippen LogP contribution in [0.15, 0.2) is 54.1 Å². The molecule has 2 aromatic carbocycles. The Morgan fingerprint density at radius 2 is 1.50 bits per heavy atom. The fourth-order valence-corrected chi connectivity index (χ4v) is 5.49. The molecule has 0 saturated heterocycles. The van der Waals surface area contributed by atoms with Gasteiger partial charge >= 0.3 is 26.2 Å². The summed E-state index contributed by atoms with van der Waals surface area (Å²) in [6.45, 7) is 7.20. The molecule has 0 nitrogen and oxygen atoms in total. The summed E-state index contributed by atoms with van der Waals surface area (Å²) < 4.78 is 0. The number of hydrogen-bond acceptors (Lipinski definition) is 0. The van der Waals surface area contributed by atoms with Crippen LogP contribution in [0.1, 0.15) is 23.6 Å². The van der Waals surface area contributed by atoms with E-state index in [9.17, 15) is 0 Å². The van der Waals surface area contributed by atoms with Gasteiger partial charge in [-0.3, -0.25) is 0 Å². The van der Waals surface area contributed by atoms with Gasteiger partial charge < -0.3 is 24.8 Å². The SMILES string of the molecule is CC1=Cc2c(-c3ccccc3)cccc2C1[SiH](C)C.[Cl-].[Cl-].[Zr+2]. The van der Waals surface area contributed by atoms with Gasteiger partial charge in [0, 0.05) is 8.80 Å². The average Bonchev–Trinajstić information content (AvgIpc) is 2.75. The molecule has 1 aliphatic rings. The number of hydrogen-bond donors (Lipinski definition) is 0. The van der Waals surface area contributed by atoms with E-state index in [2.05, 4.69) is 74.6 Å². The summed E-state index contributed by atoms with van der Waals surface area (Å²) in [7, 11) is -0.701. The van der Waals surface area contributed by atoms with E-state index in [1.807, 2.05) is 0 Å². The van der Waals surface area contributed by atoms with E-state index in [4.69, 9.17) is 0 Å². The van der Waals surface area contributed by atoms with Crippen molar-refractivity contribution in [2.24, 2.45) is 0 Å². The minimum absolute atomic E-state index is 0. The van der Waals surface area contributed by atoms with E-state index in [1.54, 1.807) is 11.1 Å². The molecular formula is C18H20Cl2SiZr. The van der Waals surface area contributed by atoms with E-state index < -0.39 is 8.80 Å². The molecule has 0 heterocycles. The minimum Gasteiger partial charge on any atom is -1.00 e. The molecule has 1 atom stereocenters. The van der Waals surface area contributed by atoms with Gasteiger partial charge in [-0.25, -0.2) is 0 Å². The predicted molar refractivity (Wildman–Crippen MR) is 87.1 cm³/mol. The molecule has 1 aliphatic carbocycles. The van der Waals surface area contributed by atoms with Gasteiger partial charge in [0.05, 0.1) is 0 Å². The topological polar surface area (TPSA) is 0 Å².